The van der Waals surface area contributed by atoms with Crippen molar-refractivity contribution in [1.82, 2.24) is 10.2 Å². The molecule has 4 rings (SSSR count). The minimum atomic E-state index is 0.104. The van der Waals surface area contributed by atoms with E-state index in [1.54, 1.807) is 0 Å². The van der Waals surface area contributed by atoms with Crippen LogP contribution in [0.15, 0.2) is 54.6 Å². The van der Waals surface area contributed by atoms with Gasteiger partial charge in [0.25, 0.3) is 0 Å². The summed E-state index contributed by atoms with van der Waals surface area (Å²) < 4.78 is 6.16. The zero-order valence-corrected chi connectivity index (χ0v) is 15.7. The number of nitriles is 1. The van der Waals surface area contributed by atoms with Gasteiger partial charge in [-0.2, -0.15) is 5.26 Å². The molecule has 0 unspecified atom stereocenters. The maximum absolute atomic E-state index is 9.30. The van der Waals surface area contributed by atoms with Crippen molar-refractivity contribution in [3.05, 3.63) is 65.7 Å². The molecule has 2 aromatic rings. The van der Waals surface area contributed by atoms with Crippen molar-refractivity contribution in [3.63, 3.8) is 0 Å². The lowest BCUT2D eigenvalue weighted by Crippen LogP contribution is -2.39. The fourth-order valence-electron chi connectivity index (χ4n) is 4.35. The van der Waals surface area contributed by atoms with E-state index in [0.29, 0.717) is 18.6 Å². The Labute approximate surface area is 161 Å². The van der Waals surface area contributed by atoms with Gasteiger partial charge in [-0.05, 0) is 43.0 Å². The average molecular weight is 361 g/mol. The predicted octanol–water partition coefficient (Wildman–Crippen LogP) is 3.70. The van der Waals surface area contributed by atoms with Gasteiger partial charge in [-0.1, -0.05) is 48.5 Å². The van der Waals surface area contributed by atoms with Crippen LogP contribution in [0.2, 0.25) is 0 Å². The van der Waals surface area contributed by atoms with Crippen LogP contribution in [0, 0.1) is 11.3 Å². The summed E-state index contributed by atoms with van der Waals surface area (Å²) in [6.45, 7) is 3.60. The van der Waals surface area contributed by atoms with Crippen LogP contribution in [0.25, 0.3) is 0 Å². The molecule has 2 fully saturated rings. The summed E-state index contributed by atoms with van der Waals surface area (Å²) in [5.74, 6) is 1.45. The Morgan fingerprint density at radius 2 is 1.93 bits per heavy atom. The number of hydrogen-bond donors (Lipinski definition) is 1. The second-order valence-corrected chi connectivity index (χ2v) is 7.63. The third-order valence-electron chi connectivity index (χ3n) is 5.79. The Morgan fingerprint density at radius 1 is 1.11 bits per heavy atom. The molecule has 0 aliphatic carbocycles. The third kappa shape index (κ3) is 4.32. The lowest BCUT2D eigenvalue weighted by atomic mass is 9.95. The van der Waals surface area contributed by atoms with E-state index in [4.69, 9.17) is 4.74 Å². The first-order chi connectivity index (χ1) is 13.3. The van der Waals surface area contributed by atoms with Gasteiger partial charge in [0.1, 0.15) is 12.4 Å². The van der Waals surface area contributed by atoms with Crippen LogP contribution in [0.1, 0.15) is 36.3 Å². The zero-order chi connectivity index (χ0) is 18.5. The highest BCUT2D eigenvalue weighted by Gasteiger charge is 2.32. The van der Waals surface area contributed by atoms with E-state index >= 15 is 0 Å². The van der Waals surface area contributed by atoms with Crippen LogP contribution in [0.5, 0.6) is 5.75 Å². The van der Waals surface area contributed by atoms with Gasteiger partial charge in [0.15, 0.2) is 0 Å². The van der Waals surface area contributed by atoms with Crippen molar-refractivity contribution < 1.29 is 4.74 Å². The molecular formula is C23H27N3O. The fraction of sp³-hybridized carbons (Fsp3) is 0.435. The molecule has 140 valence electrons. The van der Waals surface area contributed by atoms with Crippen molar-refractivity contribution >= 4 is 0 Å². The predicted molar refractivity (Wildman–Crippen MR) is 107 cm³/mol. The lowest BCUT2D eigenvalue weighted by Gasteiger charge is -2.23. The van der Waals surface area contributed by atoms with Gasteiger partial charge < -0.3 is 10.1 Å². The molecule has 4 heteroatoms. The number of para-hydroxylation sites is 1. The van der Waals surface area contributed by atoms with Crippen LogP contribution >= 0.6 is 0 Å². The molecule has 0 bridgehead atoms. The molecule has 0 spiro atoms. The van der Waals surface area contributed by atoms with E-state index in [-0.39, 0.29) is 6.04 Å². The largest absolute Gasteiger partial charge is 0.489 e. The van der Waals surface area contributed by atoms with Crippen molar-refractivity contribution in [2.75, 3.05) is 19.6 Å². The Kier molecular flexibility index (Phi) is 5.72. The van der Waals surface area contributed by atoms with Crippen molar-refractivity contribution in [3.8, 4) is 11.8 Å². The van der Waals surface area contributed by atoms with E-state index in [1.807, 2.05) is 24.3 Å². The molecule has 2 aliphatic heterocycles. The molecule has 4 nitrogen and oxygen atoms in total. The maximum Gasteiger partial charge on any atom is 0.123 e. The van der Waals surface area contributed by atoms with Crippen LogP contribution < -0.4 is 10.1 Å². The average Bonchev–Trinajstić information content (AvgIpc) is 3.37. The highest BCUT2D eigenvalue weighted by Crippen LogP contribution is 2.33. The minimum Gasteiger partial charge on any atom is -0.489 e. The summed E-state index contributed by atoms with van der Waals surface area (Å²) in [5, 5.41) is 13.0. The Morgan fingerprint density at radius 3 is 2.78 bits per heavy atom. The number of nitrogens with one attached hydrogen (secondary N) is 1. The summed E-state index contributed by atoms with van der Waals surface area (Å²) in [4.78, 5) is 2.35. The van der Waals surface area contributed by atoms with E-state index in [1.165, 1.54) is 11.1 Å². The molecule has 27 heavy (non-hydrogen) atoms. The van der Waals surface area contributed by atoms with Gasteiger partial charge in [0, 0.05) is 25.0 Å². The Bertz CT molecular complexity index is 786. The van der Waals surface area contributed by atoms with E-state index in [0.717, 1.165) is 44.6 Å². The van der Waals surface area contributed by atoms with Gasteiger partial charge in [0.2, 0.25) is 0 Å². The van der Waals surface area contributed by atoms with E-state index in [2.05, 4.69) is 46.6 Å². The SMILES string of the molecule is N#C[C@@H]1CCCN1C[C@@H]1C[C@H](c2ccccc2OCc2ccccc2)CN1. The third-order valence-corrected chi connectivity index (χ3v) is 5.79. The molecule has 2 aliphatic rings. The molecule has 0 radical (unpaired) electrons. The lowest BCUT2D eigenvalue weighted by molar-refractivity contribution is 0.265. The first-order valence-electron chi connectivity index (χ1n) is 9.96. The minimum absolute atomic E-state index is 0.104. The number of ether oxygens (including phenoxy) is 1. The topological polar surface area (TPSA) is 48.3 Å². The van der Waals surface area contributed by atoms with Gasteiger partial charge in [-0.25, -0.2) is 0 Å². The Hall–Kier alpha value is -2.35. The summed E-state index contributed by atoms with van der Waals surface area (Å²) in [6, 6.07) is 21.7. The zero-order valence-electron chi connectivity index (χ0n) is 15.7. The molecule has 2 aromatic carbocycles. The second-order valence-electron chi connectivity index (χ2n) is 7.63. The van der Waals surface area contributed by atoms with Crippen LogP contribution in [0.3, 0.4) is 0 Å². The number of nitrogens with zero attached hydrogens (tertiary/aromatic N) is 2. The molecular weight excluding hydrogens is 334 g/mol. The summed E-state index contributed by atoms with van der Waals surface area (Å²) >= 11 is 0. The van der Waals surface area contributed by atoms with E-state index < -0.39 is 0 Å². The summed E-state index contributed by atoms with van der Waals surface area (Å²) in [7, 11) is 0. The number of rotatable bonds is 6. The molecule has 2 saturated heterocycles. The standard InChI is InChI=1S/C23H27N3O/c24-14-21-9-6-12-26(21)16-20-13-19(15-25-20)22-10-4-5-11-23(22)27-17-18-7-2-1-3-8-18/h1-5,7-8,10-11,19-21,25H,6,9,12-13,15-17H2/t19-,20-,21-/m0/s1. The van der Waals surface area contributed by atoms with E-state index in [9.17, 15) is 5.26 Å². The molecule has 0 saturated carbocycles. The maximum atomic E-state index is 9.30. The smallest absolute Gasteiger partial charge is 0.123 e. The summed E-state index contributed by atoms with van der Waals surface area (Å²) in [5.41, 5.74) is 2.48. The molecule has 1 N–H and O–H groups in total. The van der Waals surface area contributed by atoms with Crippen molar-refractivity contribution in [2.24, 2.45) is 0 Å². The van der Waals surface area contributed by atoms with Crippen molar-refractivity contribution in [1.29, 1.82) is 5.26 Å². The van der Waals surface area contributed by atoms with Crippen LogP contribution in [-0.2, 0) is 6.61 Å². The van der Waals surface area contributed by atoms with Gasteiger partial charge >= 0.3 is 0 Å². The molecule has 0 aromatic heterocycles. The molecule has 2 heterocycles. The second kappa shape index (κ2) is 8.56. The monoisotopic (exact) mass is 361 g/mol. The number of benzene rings is 2. The quantitative estimate of drug-likeness (QED) is 0.852. The van der Waals surface area contributed by atoms with Gasteiger partial charge in [-0.3, -0.25) is 4.90 Å². The normalized spacial score (nSPS) is 25.4. The molecule has 0 amide bonds. The number of hydrogen-bond acceptors (Lipinski definition) is 4. The number of likely N-dealkylation sites (tertiary alicyclic amines) is 1. The van der Waals surface area contributed by atoms with Crippen LogP contribution in [-0.4, -0.2) is 36.6 Å². The highest BCUT2D eigenvalue weighted by atomic mass is 16.5. The Balaban J connectivity index is 1.38. The van der Waals surface area contributed by atoms with Gasteiger partial charge in [-0.15, -0.1) is 0 Å². The first-order valence-corrected chi connectivity index (χ1v) is 9.96. The highest BCUT2D eigenvalue weighted by molar-refractivity contribution is 5.37. The molecule has 3 atom stereocenters. The van der Waals surface area contributed by atoms with Crippen molar-refractivity contribution in [2.45, 2.75) is 43.9 Å². The van der Waals surface area contributed by atoms with Gasteiger partial charge in [0.05, 0.1) is 12.1 Å². The summed E-state index contributed by atoms with van der Waals surface area (Å²) in [6.07, 6.45) is 3.26. The first kappa shape index (κ1) is 18.0. The van der Waals surface area contributed by atoms with Crippen LogP contribution in [0.4, 0.5) is 0 Å². The fourth-order valence-corrected chi connectivity index (χ4v) is 4.35.